The highest BCUT2D eigenvalue weighted by atomic mass is 16.2. The van der Waals surface area contributed by atoms with Crippen molar-refractivity contribution in [3.05, 3.63) is 59.7 Å². The van der Waals surface area contributed by atoms with Crippen LogP contribution in [0.2, 0.25) is 0 Å². The largest absolute Gasteiger partial charge is 0.368 e. The van der Waals surface area contributed by atoms with E-state index in [1.807, 2.05) is 50.2 Å². The molecule has 2 amide bonds. The quantitative estimate of drug-likeness (QED) is 0.540. The molecular weight excluding hydrogens is 378 g/mol. The molecule has 3 aromatic rings. The summed E-state index contributed by atoms with van der Waals surface area (Å²) in [4.78, 5) is 20.6. The zero-order chi connectivity index (χ0) is 21.7. The summed E-state index contributed by atoms with van der Waals surface area (Å²) in [6.07, 6.45) is 1.50. The highest BCUT2D eigenvalue weighted by molar-refractivity contribution is 5.89. The third-order valence-corrected chi connectivity index (χ3v) is 4.60. The second-order valence-electron chi connectivity index (χ2n) is 8.24. The maximum absolute atomic E-state index is 12.1. The van der Waals surface area contributed by atoms with Crippen molar-refractivity contribution in [2.24, 2.45) is 0 Å². The van der Waals surface area contributed by atoms with Gasteiger partial charge in [-0.1, -0.05) is 32.9 Å². The zero-order valence-corrected chi connectivity index (χ0v) is 18.2. The lowest BCUT2D eigenvalue weighted by atomic mass is 9.87. The van der Waals surface area contributed by atoms with E-state index in [1.54, 1.807) is 4.68 Å². The molecule has 2 heterocycles. The molecule has 0 fully saturated rings. The normalized spacial score (nSPS) is 11.2. The van der Waals surface area contributed by atoms with Gasteiger partial charge in [0.15, 0.2) is 5.82 Å². The van der Waals surface area contributed by atoms with Gasteiger partial charge in [-0.2, -0.15) is 5.10 Å². The van der Waals surface area contributed by atoms with Crippen LogP contribution < -0.4 is 16.0 Å². The van der Waals surface area contributed by atoms with Gasteiger partial charge in [0.05, 0.1) is 5.69 Å². The molecule has 3 N–H and O–H groups in total. The summed E-state index contributed by atoms with van der Waals surface area (Å²) in [7, 11) is 0. The second kappa shape index (κ2) is 8.94. The maximum Gasteiger partial charge on any atom is 0.319 e. The number of nitrogens with one attached hydrogen (secondary N) is 3. The van der Waals surface area contributed by atoms with E-state index < -0.39 is 0 Å². The number of anilines is 2. The van der Waals surface area contributed by atoms with Gasteiger partial charge < -0.3 is 16.0 Å². The Morgan fingerprint density at radius 2 is 1.77 bits per heavy atom. The van der Waals surface area contributed by atoms with Crippen molar-refractivity contribution in [3.8, 4) is 5.82 Å². The molecule has 0 bridgehead atoms. The predicted octanol–water partition coefficient (Wildman–Crippen LogP) is 3.81. The number of hydrogen-bond acceptors (Lipinski definition) is 5. The van der Waals surface area contributed by atoms with Crippen molar-refractivity contribution in [2.75, 3.05) is 23.7 Å². The summed E-state index contributed by atoms with van der Waals surface area (Å²) >= 11 is 0. The van der Waals surface area contributed by atoms with Gasteiger partial charge in [0.25, 0.3) is 0 Å². The van der Waals surface area contributed by atoms with E-state index in [1.165, 1.54) is 11.9 Å². The molecule has 3 rings (SSSR count). The highest BCUT2D eigenvalue weighted by Crippen LogP contribution is 2.23. The molecule has 8 heteroatoms. The Morgan fingerprint density at radius 1 is 1.03 bits per heavy atom. The number of carbonyl (C=O) groups is 1. The van der Waals surface area contributed by atoms with Crippen LogP contribution in [0.1, 0.15) is 37.7 Å². The first kappa shape index (κ1) is 21.3. The lowest BCUT2D eigenvalue weighted by molar-refractivity contribution is 0.252. The molecule has 8 nitrogen and oxygen atoms in total. The Hall–Kier alpha value is -3.42. The van der Waals surface area contributed by atoms with Gasteiger partial charge in [-0.3, -0.25) is 0 Å². The van der Waals surface area contributed by atoms with Crippen LogP contribution in [0.15, 0.2) is 42.7 Å². The fourth-order valence-electron chi connectivity index (χ4n) is 3.02. The molecule has 0 saturated carbocycles. The van der Waals surface area contributed by atoms with Crippen LogP contribution in [-0.2, 0) is 5.41 Å². The van der Waals surface area contributed by atoms with E-state index in [0.717, 1.165) is 17.1 Å². The highest BCUT2D eigenvalue weighted by Gasteiger charge is 2.13. The Labute approximate surface area is 177 Å². The van der Waals surface area contributed by atoms with Crippen LogP contribution in [0.25, 0.3) is 5.82 Å². The molecule has 2 aromatic heterocycles. The van der Waals surface area contributed by atoms with Gasteiger partial charge in [-0.05, 0) is 43.0 Å². The fraction of sp³-hybridized carbons (Fsp3) is 0.364. The van der Waals surface area contributed by atoms with Crippen LogP contribution in [0, 0.1) is 13.8 Å². The van der Waals surface area contributed by atoms with Gasteiger partial charge in [-0.15, -0.1) is 0 Å². The lowest BCUT2D eigenvalue weighted by Gasteiger charge is -2.19. The molecule has 0 unspecified atom stereocenters. The fourth-order valence-corrected chi connectivity index (χ4v) is 3.02. The molecule has 158 valence electrons. The SMILES string of the molecule is Cc1cc(C)n(-c2cc(NCCNC(=O)Nc3ccc(C(C)(C)C)cc3)ncn2)n1. The van der Waals surface area contributed by atoms with Crippen molar-refractivity contribution in [1.82, 2.24) is 25.1 Å². The molecule has 0 atom stereocenters. The minimum Gasteiger partial charge on any atom is -0.368 e. The molecule has 0 saturated heterocycles. The smallest absolute Gasteiger partial charge is 0.319 e. The Balaban J connectivity index is 1.46. The van der Waals surface area contributed by atoms with Crippen LogP contribution in [0.5, 0.6) is 0 Å². The number of rotatable bonds is 6. The number of nitrogens with zero attached hydrogens (tertiary/aromatic N) is 4. The molecule has 0 aliphatic rings. The monoisotopic (exact) mass is 407 g/mol. The topological polar surface area (TPSA) is 96.8 Å². The first-order valence-corrected chi connectivity index (χ1v) is 9.97. The van der Waals surface area contributed by atoms with Gasteiger partial charge in [-0.25, -0.2) is 19.4 Å². The summed E-state index contributed by atoms with van der Waals surface area (Å²) in [5.74, 6) is 1.37. The zero-order valence-electron chi connectivity index (χ0n) is 18.2. The molecule has 0 radical (unpaired) electrons. The first-order valence-electron chi connectivity index (χ1n) is 9.97. The van der Waals surface area contributed by atoms with E-state index in [-0.39, 0.29) is 11.4 Å². The minimum absolute atomic E-state index is 0.0856. The number of aromatic nitrogens is 4. The Morgan fingerprint density at radius 3 is 2.40 bits per heavy atom. The number of urea groups is 1. The van der Waals surface area contributed by atoms with Gasteiger partial charge in [0, 0.05) is 30.5 Å². The Kier molecular flexibility index (Phi) is 6.34. The summed E-state index contributed by atoms with van der Waals surface area (Å²) in [6.45, 7) is 11.4. The average molecular weight is 408 g/mol. The second-order valence-corrected chi connectivity index (χ2v) is 8.24. The molecule has 0 aliphatic carbocycles. The maximum atomic E-state index is 12.1. The van der Waals surface area contributed by atoms with Gasteiger partial charge in [0.1, 0.15) is 12.1 Å². The van der Waals surface area contributed by atoms with Crippen molar-refractivity contribution in [1.29, 1.82) is 0 Å². The van der Waals surface area contributed by atoms with Crippen molar-refractivity contribution in [2.45, 2.75) is 40.0 Å². The summed E-state index contributed by atoms with van der Waals surface area (Å²) in [5, 5.41) is 13.3. The van der Waals surface area contributed by atoms with E-state index in [2.05, 4.69) is 51.8 Å². The number of amides is 2. The van der Waals surface area contributed by atoms with E-state index in [0.29, 0.717) is 24.7 Å². The van der Waals surface area contributed by atoms with Crippen molar-refractivity contribution < 1.29 is 4.79 Å². The average Bonchev–Trinajstić information content (AvgIpc) is 3.03. The van der Waals surface area contributed by atoms with Crippen LogP contribution in [0.3, 0.4) is 0 Å². The molecule has 0 aliphatic heterocycles. The van der Waals surface area contributed by atoms with Crippen LogP contribution in [-0.4, -0.2) is 38.9 Å². The van der Waals surface area contributed by atoms with Crippen molar-refractivity contribution >= 4 is 17.5 Å². The molecule has 30 heavy (non-hydrogen) atoms. The van der Waals surface area contributed by atoms with Crippen LogP contribution in [0.4, 0.5) is 16.3 Å². The third-order valence-electron chi connectivity index (χ3n) is 4.60. The van der Waals surface area contributed by atoms with Crippen molar-refractivity contribution in [3.63, 3.8) is 0 Å². The lowest BCUT2D eigenvalue weighted by Crippen LogP contribution is -2.32. The Bertz CT molecular complexity index is 1000. The molecule has 0 spiro atoms. The van der Waals surface area contributed by atoms with Gasteiger partial charge >= 0.3 is 6.03 Å². The number of benzene rings is 1. The summed E-state index contributed by atoms with van der Waals surface area (Å²) < 4.78 is 1.78. The number of aryl methyl sites for hydroxylation is 2. The number of hydrogen-bond donors (Lipinski definition) is 3. The first-order chi connectivity index (χ1) is 14.2. The van der Waals surface area contributed by atoms with Gasteiger partial charge in [0.2, 0.25) is 0 Å². The molecule has 1 aromatic carbocycles. The van der Waals surface area contributed by atoms with Crippen LogP contribution >= 0.6 is 0 Å². The van der Waals surface area contributed by atoms with E-state index in [4.69, 9.17) is 0 Å². The summed E-state index contributed by atoms with van der Waals surface area (Å²) in [6, 6.07) is 11.5. The molecular formula is C22H29N7O. The minimum atomic E-state index is -0.244. The van der Waals surface area contributed by atoms with E-state index >= 15 is 0 Å². The predicted molar refractivity (Wildman–Crippen MR) is 119 cm³/mol. The third kappa shape index (κ3) is 5.56. The number of carbonyl (C=O) groups excluding carboxylic acids is 1. The summed E-state index contributed by atoms with van der Waals surface area (Å²) in [5.41, 5.74) is 4.01. The standard InChI is InChI=1S/C22H29N7O/c1-15-12-16(2)29(28-15)20-13-19(25-14-26-20)23-10-11-24-21(30)27-18-8-6-17(7-9-18)22(3,4)5/h6-9,12-14H,10-11H2,1-5H3,(H,23,25,26)(H2,24,27,30). The van der Waals surface area contributed by atoms with E-state index in [9.17, 15) is 4.79 Å².